The molecular weight excluding hydrogens is 416 g/mol. The first kappa shape index (κ1) is 21.5. The zero-order valence-electron chi connectivity index (χ0n) is 18.5. The average Bonchev–Trinajstić information content (AvgIpc) is 2.86. The van der Waals surface area contributed by atoms with E-state index in [1.165, 1.54) is 24.0 Å². The molecule has 2 aliphatic rings. The van der Waals surface area contributed by atoms with Gasteiger partial charge >= 0.3 is 5.97 Å². The van der Waals surface area contributed by atoms with E-state index in [1.807, 2.05) is 24.3 Å². The van der Waals surface area contributed by atoms with Crippen LogP contribution in [0, 0.1) is 5.92 Å². The van der Waals surface area contributed by atoms with E-state index in [0.717, 1.165) is 31.6 Å². The minimum atomic E-state index is -0.871. The largest absolute Gasteiger partial charge is 0.484 e. The maximum atomic E-state index is 11.0. The van der Waals surface area contributed by atoms with E-state index in [1.54, 1.807) is 18.3 Å². The molecule has 0 radical (unpaired) electrons. The van der Waals surface area contributed by atoms with Crippen LogP contribution in [0.25, 0.3) is 0 Å². The van der Waals surface area contributed by atoms with Crippen molar-refractivity contribution in [3.05, 3.63) is 89.1 Å². The van der Waals surface area contributed by atoms with Gasteiger partial charge in [0.1, 0.15) is 6.61 Å². The van der Waals surface area contributed by atoms with E-state index in [4.69, 9.17) is 14.6 Å². The highest BCUT2D eigenvalue weighted by Gasteiger charge is 2.24. The highest BCUT2D eigenvalue weighted by molar-refractivity contribution is 5.87. The highest BCUT2D eigenvalue weighted by Crippen LogP contribution is 2.34. The second kappa shape index (κ2) is 9.63. The normalized spacial score (nSPS) is 18.7. The molecule has 2 aromatic carbocycles. The zero-order valence-corrected chi connectivity index (χ0v) is 18.5. The fourth-order valence-corrected chi connectivity index (χ4v) is 4.63. The first-order valence-electron chi connectivity index (χ1n) is 11.5. The summed E-state index contributed by atoms with van der Waals surface area (Å²) >= 11 is 0. The van der Waals surface area contributed by atoms with Gasteiger partial charge in [-0.05, 0) is 79.2 Å². The van der Waals surface area contributed by atoms with Gasteiger partial charge in [-0.3, -0.25) is 4.90 Å². The van der Waals surface area contributed by atoms with Crippen molar-refractivity contribution in [1.29, 1.82) is 0 Å². The lowest BCUT2D eigenvalue weighted by Crippen LogP contribution is -2.33. The smallest absolute Gasteiger partial charge is 0.335 e. The van der Waals surface area contributed by atoms with E-state index < -0.39 is 5.97 Å². The first-order chi connectivity index (χ1) is 16.1. The number of aromatic nitrogens is 1. The van der Waals surface area contributed by atoms with Gasteiger partial charge in [0.05, 0.1) is 5.56 Å². The average molecular weight is 445 g/mol. The fraction of sp³-hybridized carbons (Fsp3) is 0.333. The summed E-state index contributed by atoms with van der Waals surface area (Å²) in [7, 11) is 0. The molecule has 170 valence electrons. The lowest BCUT2D eigenvalue weighted by molar-refractivity contribution is 0.0697. The summed E-state index contributed by atoms with van der Waals surface area (Å²) in [5.74, 6) is 1.04. The molecule has 1 aromatic heterocycles. The van der Waals surface area contributed by atoms with Crippen LogP contribution in [0.1, 0.15) is 46.0 Å². The Kier molecular flexibility index (Phi) is 6.26. The number of carboxylic acid groups (broad SMARTS) is 1. The lowest BCUT2D eigenvalue weighted by atomic mass is 9.89. The van der Waals surface area contributed by atoms with Crippen molar-refractivity contribution in [3.63, 3.8) is 0 Å². The molecule has 1 saturated heterocycles. The number of carbonyl (C=O) groups is 1. The third-order valence-corrected chi connectivity index (χ3v) is 6.57. The number of carboxylic acids is 1. The Morgan fingerprint density at radius 2 is 1.73 bits per heavy atom. The Balaban J connectivity index is 1.10. The number of likely N-dealkylation sites (tertiary alicyclic amines) is 1. The van der Waals surface area contributed by atoms with E-state index >= 15 is 0 Å². The molecule has 0 amide bonds. The number of aromatic carboxylic acids is 1. The van der Waals surface area contributed by atoms with Crippen LogP contribution in [-0.2, 0) is 13.0 Å². The minimum Gasteiger partial charge on any atom is -0.484 e. The predicted molar refractivity (Wildman–Crippen MR) is 125 cm³/mol. The number of hydrogen-bond donors (Lipinski definition) is 1. The van der Waals surface area contributed by atoms with Gasteiger partial charge in [0.25, 0.3) is 5.88 Å². The van der Waals surface area contributed by atoms with Crippen LogP contribution in [0.3, 0.4) is 0 Å². The number of benzene rings is 2. The number of pyridine rings is 1. The summed E-state index contributed by atoms with van der Waals surface area (Å²) in [6.07, 6.45) is 4.92. The Bertz CT molecular complexity index is 1090. The summed E-state index contributed by atoms with van der Waals surface area (Å²) in [5.41, 5.74) is 3.98. The molecule has 0 unspecified atom stereocenters. The van der Waals surface area contributed by atoms with E-state index in [9.17, 15) is 4.79 Å². The van der Waals surface area contributed by atoms with Gasteiger partial charge in [-0.2, -0.15) is 0 Å². The molecule has 0 spiro atoms. The molecule has 6 nitrogen and oxygen atoms in total. The van der Waals surface area contributed by atoms with Crippen LogP contribution in [0.4, 0.5) is 0 Å². The summed E-state index contributed by atoms with van der Waals surface area (Å²) < 4.78 is 11.8. The molecule has 1 atom stereocenters. The molecule has 0 saturated carbocycles. The van der Waals surface area contributed by atoms with Crippen LogP contribution in [0.2, 0.25) is 0 Å². The second-order valence-electron chi connectivity index (χ2n) is 8.89. The van der Waals surface area contributed by atoms with Gasteiger partial charge < -0.3 is 14.6 Å². The second-order valence-corrected chi connectivity index (χ2v) is 8.89. The minimum absolute atomic E-state index is 0.137. The van der Waals surface area contributed by atoms with Gasteiger partial charge in [-0.25, -0.2) is 9.78 Å². The number of ether oxygens (including phenoxy) is 2. The van der Waals surface area contributed by atoms with Crippen molar-refractivity contribution in [2.24, 2.45) is 5.92 Å². The van der Waals surface area contributed by atoms with Gasteiger partial charge in [0, 0.05) is 12.7 Å². The molecule has 33 heavy (non-hydrogen) atoms. The zero-order chi connectivity index (χ0) is 22.6. The van der Waals surface area contributed by atoms with Gasteiger partial charge in [-0.1, -0.05) is 36.4 Å². The fourth-order valence-electron chi connectivity index (χ4n) is 4.63. The molecule has 0 bridgehead atoms. The van der Waals surface area contributed by atoms with Gasteiger partial charge in [-0.15, -0.1) is 0 Å². The van der Waals surface area contributed by atoms with Crippen molar-refractivity contribution in [3.8, 4) is 11.6 Å². The summed E-state index contributed by atoms with van der Waals surface area (Å²) in [5, 5.41) is 9.04. The third-order valence-electron chi connectivity index (χ3n) is 6.57. The standard InChI is InChI=1S/C27H28N2O4/c30-27(31)23-9-3-19(4-10-23)16-20-11-14-29(15-12-20)17-21-5-7-22(8-6-21)25-18-32-24-2-1-13-28-26(24)33-25/h1-10,13,20,25H,11-12,14-18H2,(H,30,31)/t25-/m1/s1. The van der Waals surface area contributed by atoms with Crippen molar-refractivity contribution in [1.82, 2.24) is 9.88 Å². The van der Waals surface area contributed by atoms with Crippen molar-refractivity contribution in [2.45, 2.75) is 31.9 Å². The number of rotatable bonds is 6. The molecule has 2 aliphatic heterocycles. The van der Waals surface area contributed by atoms with E-state index in [2.05, 4.69) is 34.1 Å². The van der Waals surface area contributed by atoms with Gasteiger partial charge in [0.15, 0.2) is 11.9 Å². The third kappa shape index (κ3) is 5.17. The topological polar surface area (TPSA) is 71.9 Å². The number of fused-ring (bicyclic) bond motifs is 1. The predicted octanol–water partition coefficient (Wildman–Crippen LogP) is 4.75. The molecule has 5 rings (SSSR count). The van der Waals surface area contributed by atoms with E-state index in [0.29, 0.717) is 29.7 Å². The molecule has 6 heteroatoms. The molecule has 0 aliphatic carbocycles. The molecular formula is C27H28N2O4. The van der Waals surface area contributed by atoms with Crippen molar-refractivity contribution >= 4 is 5.97 Å². The maximum absolute atomic E-state index is 11.0. The van der Waals surface area contributed by atoms with Gasteiger partial charge in [0.2, 0.25) is 0 Å². The monoisotopic (exact) mass is 444 g/mol. The van der Waals surface area contributed by atoms with Crippen LogP contribution < -0.4 is 9.47 Å². The summed E-state index contributed by atoms with van der Waals surface area (Å²) in [6.45, 7) is 3.61. The molecule has 1 N–H and O–H groups in total. The molecule has 1 fully saturated rings. The summed E-state index contributed by atoms with van der Waals surface area (Å²) in [6, 6.07) is 19.7. The Labute approximate surface area is 193 Å². The Morgan fingerprint density at radius 3 is 2.45 bits per heavy atom. The number of nitrogens with zero attached hydrogens (tertiary/aromatic N) is 2. The number of hydrogen-bond acceptors (Lipinski definition) is 5. The Hall–Kier alpha value is -3.38. The Morgan fingerprint density at radius 1 is 1.00 bits per heavy atom. The molecule has 3 heterocycles. The van der Waals surface area contributed by atoms with Crippen LogP contribution in [0.15, 0.2) is 66.9 Å². The van der Waals surface area contributed by atoms with Crippen molar-refractivity contribution in [2.75, 3.05) is 19.7 Å². The first-order valence-corrected chi connectivity index (χ1v) is 11.5. The van der Waals surface area contributed by atoms with Crippen molar-refractivity contribution < 1.29 is 19.4 Å². The molecule has 3 aromatic rings. The quantitative estimate of drug-likeness (QED) is 0.592. The lowest BCUT2D eigenvalue weighted by Gasteiger charge is -2.32. The maximum Gasteiger partial charge on any atom is 0.335 e. The highest BCUT2D eigenvalue weighted by atomic mass is 16.6. The summed E-state index contributed by atoms with van der Waals surface area (Å²) in [4.78, 5) is 17.8. The van der Waals surface area contributed by atoms with E-state index in [-0.39, 0.29) is 6.10 Å². The van der Waals surface area contributed by atoms with Crippen LogP contribution >= 0.6 is 0 Å². The van der Waals surface area contributed by atoms with Crippen LogP contribution in [0.5, 0.6) is 11.6 Å². The number of piperidine rings is 1. The van der Waals surface area contributed by atoms with Crippen LogP contribution in [-0.4, -0.2) is 40.7 Å². The SMILES string of the molecule is O=C(O)c1ccc(CC2CCN(Cc3ccc([C@H]4COc5cccnc5O4)cc3)CC2)cc1.